The number of fused-ring (bicyclic) bond motifs is 1. The van der Waals surface area contributed by atoms with E-state index in [1.165, 1.54) is 32.6 Å². The van der Waals surface area contributed by atoms with E-state index in [9.17, 15) is 0 Å². The fourth-order valence-electron chi connectivity index (χ4n) is 3.64. The Bertz CT molecular complexity index is 448. The molecule has 3 heterocycles. The minimum atomic E-state index is 0.268. The van der Waals surface area contributed by atoms with Gasteiger partial charge in [0.2, 0.25) is 0 Å². The van der Waals surface area contributed by atoms with Crippen LogP contribution < -0.4 is 5.32 Å². The van der Waals surface area contributed by atoms with Crippen LogP contribution in [0.15, 0.2) is 11.4 Å². The molecule has 20 heavy (non-hydrogen) atoms. The number of nitrogens with zero attached hydrogens (tertiary/aromatic N) is 2. The lowest BCUT2D eigenvalue weighted by Crippen LogP contribution is -2.58. The van der Waals surface area contributed by atoms with E-state index in [0.717, 1.165) is 13.1 Å². The van der Waals surface area contributed by atoms with E-state index in [0.29, 0.717) is 6.04 Å². The first kappa shape index (κ1) is 14.5. The van der Waals surface area contributed by atoms with Gasteiger partial charge in [0.25, 0.3) is 0 Å². The molecule has 0 amide bonds. The standard InChI is InChI=1S/C16H27N3S/c1-13-14-5-11-20-15(14)4-8-18(13)12-16(2,3)19-9-6-17-7-10-19/h5,11,13,17H,4,6-10,12H2,1-3H3. The predicted molar refractivity (Wildman–Crippen MR) is 86.5 cm³/mol. The van der Waals surface area contributed by atoms with Gasteiger partial charge in [-0.15, -0.1) is 11.3 Å². The van der Waals surface area contributed by atoms with Crippen LogP contribution in [0.1, 0.15) is 37.3 Å². The summed E-state index contributed by atoms with van der Waals surface area (Å²) in [6.45, 7) is 14.2. The SMILES string of the molecule is CC1c2ccsc2CCN1CC(C)(C)N1CCNCC1. The second-order valence-corrected chi connectivity index (χ2v) is 7.75. The van der Waals surface area contributed by atoms with Gasteiger partial charge in [0, 0.05) is 55.7 Å². The average Bonchev–Trinajstić information content (AvgIpc) is 2.92. The Morgan fingerprint density at radius 1 is 1.30 bits per heavy atom. The molecular weight excluding hydrogens is 266 g/mol. The van der Waals surface area contributed by atoms with Gasteiger partial charge in [-0.05, 0) is 44.2 Å². The van der Waals surface area contributed by atoms with Crippen molar-refractivity contribution in [1.82, 2.24) is 15.1 Å². The average molecular weight is 293 g/mol. The second-order valence-electron chi connectivity index (χ2n) is 6.75. The first-order valence-corrected chi connectivity index (χ1v) is 8.72. The van der Waals surface area contributed by atoms with Crippen molar-refractivity contribution in [2.75, 3.05) is 39.3 Å². The molecule has 0 aliphatic carbocycles. The first-order valence-electron chi connectivity index (χ1n) is 7.84. The van der Waals surface area contributed by atoms with Crippen molar-refractivity contribution in [3.05, 3.63) is 21.9 Å². The Kier molecular flexibility index (Phi) is 4.18. The van der Waals surface area contributed by atoms with Crippen molar-refractivity contribution >= 4 is 11.3 Å². The number of hydrogen-bond acceptors (Lipinski definition) is 4. The highest BCUT2D eigenvalue weighted by atomic mass is 32.1. The highest BCUT2D eigenvalue weighted by Gasteiger charge is 2.33. The lowest BCUT2D eigenvalue weighted by molar-refractivity contribution is 0.0469. The molecule has 0 aromatic carbocycles. The summed E-state index contributed by atoms with van der Waals surface area (Å²) in [6, 6.07) is 2.90. The normalized spacial score (nSPS) is 25.6. The summed E-state index contributed by atoms with van der Waals surface area (Å²) in [5.74, 6) is 0. The van der Waals surface area contributed by atoms with Crippen molar-refractivity contribution in [2.45, 2.75) is 38.8 Å². The van der Waals surface area contributed by atoms with E-state index in [4.69, 9.17) is 0 Å². The third-order valence-corrected chi connectivity index (χ3v) is 5.96. The molecule has 0 saturated carbocycles. The van der Waals surface area contributed by atoms with Gasteiger partial charge in [-0.25, -0.2) is 0 Å². The van der Waals surface area contributed by atoms with Crippen LogP contribution in [0.4, 0.5) is 0 Å². The van der Waals surface area contributed by atoms with E-state index in [1.807, 2.05) is 11.3 Å². The fraction of sp³-hybridized carbons (Fsp3) is 0.750. The zero-order valence-electron chi connectivity index (χ0n) is 13.0. The summed E-state index contributed by atoms with van der Waals surface area (Å²) in [4.78, 5) is 6.94. The van der Waals surface area contributed by atoms with Crippen LogP contribution in [-0.4, -0.2) is 54.6 Å². The Balaban J connectivity index is 1.68. The molecule has 1 saturated heterocycles. The van der Waals surface area contributed by atoms with Gasteiger partial charge in [0.1, 0.15) is 0 Å². The van der Waals surface area contributed by atoms with Crippen molar-refractivity contribution in [3.63, 3.8) is 0 Å². The summed E-state index contributed by atoms with van der Waals surface area (Å²) < 4.78 is 0. The zero-order valence-corrected chi connectivity index (χ0v) is 13.8. The van der Waals surface area contributed by atoms with Crippen LogP contribution >= 0.6 is 11.3 Å². The molecule has 2 aliphatic rings. The van der Waals surface area contributed by atoms with Crippen LogP contribution in [0.3, 0.4) is 0 Å². The molecule has 3 nitrogen and oxygen atoms in total. The second kappa shape index (κ2) is 5.76. The number of thiophene rings is 1. The minimum absolute atomic E-state index is 0.268. The molecule has 1 aromatic rings. The Hall–Kier alpha value is -0.420. The van der Waals surface area contributed by atoms with Gasteiger partial charge in [-0.3, -0.25) is 9.80 Å². The minimum Gasteiger partial charge on any atom is -0.314 e. The van der Waals surface area contributed by atoms with E-state index in [-0.39, 0.29) is 5.54 Å². The molecule has 1 atom stereocenters. The van der Waals surface area contributed by atoms with Gasteiger partial charge >= 0.3 is 0 Å². The van der Waals surface area contributed by atoms with Gasteiger partial charge in [-0.2, -0.15) is 0 Å². The lowest BCUT2D eigenvalue weighted by atomic mass is 9.95. The number of rotatable bonds is 3. The van der Waals surface area contributed by atoms with Gasteiger partial charge < -0.3 is 5.32 Å². The van der Waals surface area contributed by atoms with Crippen LogP contribution in [0, 0.1) is 0 Å². The Labute approximate surface area is 127 Å². The van der Waals surface area contributed by atoms with Crippen molar-refractivity contribution in [3.8, 4) is 0 Å². The van der Waals surface area contributed by atoms with Gasteiger partial charge in [0.15, 0.2) is 0 Å². The molecule has 112 valence electrons. The summed E-state index contributed by atoms with van der Waals surface area (Å²) >= 11 is 1.93. The van der Waals surface area contributed by atoms with E-state index in [1.54, 1.807) is 10.4 Å². The largest absolute Gasteiger partial charge is 0.314 e. The molecule has 1 N–H and O–H groups in total. The summed E-state index contributed by atoms with van der Waals surface area (Å²) in [6.07, 6.45) is 1.23. The molecule has 3 rings (SSSR count). The molecule has 0 radical (unpaired) electrons. The summed E-state index contributed by atoms with van der Waals surface area (Å²) in [5.41, 5.74) is 1.83. The molecule has 0 bridgehead atoms. The van der Waals surface area contributed by atoms with Crippen LogP contribution in [0.25, 0.3) is 0 Å². The molecule has 1 fully saturated rings. The third-order valence-electron chi connectivity index (χ3n) is 4.97. The van der Waals surface area contributed by atoms with Crippen LogP contribution in [-0.2, 0) is 6.42 Å². The molecule has 2 aliphatic heterocycles. The maximum atomic E-state index is 3.45. The van der Waals surface area contributed by atoms with Crippen LogP contribution in [0.5, 0.6) is 0 Å². The molecule has 1 aromatic heterocycles. The van der Waals surface area contributed by atoms with E-state index >= 15 is 0 Å². The fourth-order valence-corrected chi connectivity index (χ4v) is 4.61. The maximum absolute atomic E-state index is 3.45. The van der Waals surface area contributed by atoms with Gasteiger partial charge in [-0.1, -0.05) is 0 Å². The highest BCUT2D eigenvalue weighted by molar-refractivity contribution is 7.10. The monoisotopic (exact) mass is 293 g/mol. The maximum Gasteiger partial charge on any atom is 0.0331 e. The predicted octanol–water partition coefficient (Wildman–Crippen LogP) is 2.35. The topological polar surface area (TPSA) is 18.5 Å². The van der Waals surface area contributed by atoms with Crippen LogP contribution in [0.2, 0.25) is 0 Å². The summed E-state index contributed by atoms with van der Waals surface area (Å²) in [7, 11) is 0. The third kappa shape index (κ3) is 2.80. The zero-order chi connectivity index (χ0) is 14.2. The Morgan fingerprint density at radius 3 is 2.80 bits per heavy atom. The Morgan fingerprint density at radius 2 is 2.05 bits per heavy atom. The van der Waals surface area contributed by atoms with E-state index < -0.39 is 0 Å². The molecule has 1 unspecified atom stereocenters. The van der Waals surface area contributed by atoms with E-state index in [2.05, 4.69) is 47.3 Å². The van der Waals surface area contributed by atoms with Crippen molar-refractivity contribution in [2.24, 2.45) is 0 Å². The first-order chi connectivity index (χ1) is 9.58. The van der Waals surface area contributed by atoms with Crippen molar-refractivity contribution in [1.29, 1.82) is 0 Å². The number of nitrogens with one attached hydrogen (secondary N) is 1. The summed E-state index contributed by atoms with van der Waals surface area (Å²) in [5, 5.41) is 5.71. The van der Waals surface area contributed by atoms with Gasteiger partial charge in [0.05, 0.1) is 0 Å². The van der Waals surface area contributed by atoms with Crippen molar-refractivity contribution < 1.29 is 0 Å². The highest BCUT2D eigenvalue weighted by Crippen LogP contribution is 2.34. The number of piperazine rings is 1. The quantitative estimate of drug-likeness (QED) is 0.923. The lowest BCUT2D eigenvalue weighted by Gasteiger charge is -2.46. The number of hydrogen-bond donors (Lipinski definition) is 1. The smallest absolute Gasteiger partial charge is 0.0331 e. The molecular formula is C16H27N3S. The molecule has 4 heteroatoms. The molecule has 0 spiro atoms.